The number of amides is 1. The lowest BCUT2D eigenvalue weighted by Gasteiger charge is -2.25. The van der Waals surface area contributed by atoms with Crippen LogP contribution in [0.25, 0.3) is 0 Å². The zero-order valence-corrected chi connectivity index (χ0v) is 9.54. The van der Waals surface area contributed by atoms with E-state index in [1.807, 2.05) is 6.07 Å². The molecule has 2 rings (SSSR count). The van der Waals surface area contributed by atoms with Crippen LogP contribution >= 0.6 is 11.6 Å². The number of halogens is 1. The number of pyridine rings is 1. The second kappa shape index (κ2) is 4.70. The molecule has 0 saturated heterocycles. The van der Waals surface area contributed by atoms with Gasteiger partial charge in [-0.3, -0.25) is 0 Å². The van der Waals surface area contributed by atoms with Gasteiger partial charge in [0.2, 0.25) is 0 Å². The van der Waals surface area contributed by atoms with Crippen molar-refractivity contribution < 1.29 is 9.53 Å². The molecule has 0 fully saturated rings. The molecular formula is C11H13ClN2O2. The average molecular weight is 241 g/mol. The molecule has 1 atom stereocenters. The molecule has 0 aliphatic heterocycles. The van der Waals surface area contributed by atoms with Gasteiger partial charge in [0.15, 0.2) is 0 Å². The van der Waals surface area contributed by atoms with Crippen LogP contribution < -0.4 is 5.73 Å². The van der Waals surface area contributed by atoms with Crippen LogP contribution in [0.5, 0.6) is 0 Å². The fourth-order valence-electron chi connectivity index (χ4n) is 2.15. The van der Waals surface area contributed by atoms with E-state index in [2.05, 4.69) is 4.98 Å². The predicted molar refractivity (Wildman–Crippen MR) is 60.5 cm³/mol. The van der Waals surface area contributed by atoms with Gasteiger partial charge in [-0.15, -0.1) is 0 Å². The highest BCUT2D eigenvalue weighted by molar-refractivity contribution is 6.30. The zero-order valence-electron chi connectivity index (χ0n) is 8.78. The lowest BCUT2D eigenvalue weighted by Crippen LogP contribution is -2.21. The minimum atomic E-state index is -0.729. The number of primary amides is 1. The minimum absolute atomic E-state index is 0.191. The van der Waals surface area contributed by atoms with E-state index in [1.165, 1.54) is 0 Å². The predicted octanol–water partition coefficient (Wildman–Crippen LogP) is 2.25. The van der Waals surface area contributed by atoms with Gasteiger partial charge in [0.1, 0.15) is 11.8 Å². The Bertz CT molecular complexity index is 409. The highest BCUT2D eigenvalue weighted by atomic mass is 35.5. The third-order valence-electron chi connectivity index (χ3n) is 2.89. The van der Waals surface area contributed by atoms with E-state index >= 15 is 0 Å². The summed E-state index contributed by atoms with van der Waals surface area (Å²) in [6.07, 6.45) is 3.91. The van der Waals surface area contributed by atoms with Crippen LogP contribution in [0.3, 0.4) is 0 Å². The van der Waals surface area contributed by atoms with Gasteiger partial charge in [0.25, 0.3) is 0 Å². The maximum atomic E-state index is 10.6. The van der Waals surface area contributed by atoms with Crippen molar-refractivity contribution in [2.75, 3.05) is 6.61 Å². The lowest BCUT2D eigenvalue weighted by atomic mass is 9.84. The molecule has 1 aliphatic carbocycles. The van der Waals surface area contributed by atoms with Crippen LogP contribution in [0.15, 0.2) is 12.3 Å². The summed E-state index contributed by atoms with van der Waals surface area (Å²) in [4.78, 5) is 14.6. The van der Waals surface area contributed by atoms with E-state index < -0.39 is 6.09 Å². The first-order valence-electron chi connectivity index (χ1n) is 5.24. The van der Waals surface area contributed by atoms with Gasteiger partial charge < -0.3 is 10.5 Å². The molecule has 0 bridgehead atoms. The Morgan fingerprint density at radius 2 is 2.50 bits per heavy atom. The lowest BCUT2D eigenvalue weighted by molar-refractivity contribution is 0.146. The summed E-state index contributed by atoms with van der Waals surface area (Å²) < 4.78 is 4.85. The molecule has 1 heterocycles. The third kappa shape index (κ3) is 2.27. The van der Waals surface area contributed by atoms with Gasteiger partial charge in [-0.1, -0.05) is 11.6 Å². The van der Waals surface area contributed by atoms with Gasteiger partial charge in [0, 0.05) is 12.1 Å². The molecule has 1 aliphatic rings. The van der Waals surface area contributed by atoms with Crippen molar-refractivity contribution in [1.29, 1.82) is 0 Å². The van der Waals surface area contributed by atoms with Crippen molar-refractivity contribution in [3.63, 3.8) is 0 Å². The summed E-state index contributed by atoms with van der Waals surface area (Å²) in [5.74, 6) is 0.191. The first-order valence-corrected chi connectivity index (χ1v) is 5.62. The van der Waals surface area contributed by atoms with E-state index in [1.54, 1.807) is 6.20 Å². The maximum absolute atomic E-state index is 10.6. The van der Waals surface area contributed by atoms with Gasteiger partial charge in [-0.25, -0.2) is 9.78 Å². The number of ether oxygens (including phenoxy) is 1. The van der Waals surface area contributed by atoms with Gasteiger partial charge in [-0.05, 0) is 36.5 Å². The van der Waals surface area contributed by atoms with E-state index in [9.17, 15) is 4.79 Å². The SMILES string of the molecule is NC(=O)OC[C@@H]1CCCc2c1ccnc2Cl. The molecule has 1 amide bonds. The smallest absolute Gasteiger partial charge is 0.404 e. The van der Waals surface area contributed by atoms with Gasteiger partial charge in [-0.2, -0.15) is 0 Å². The zero-order chi connectivity index (χ0) is 11.5. The standard InChI is InChI=1S/C11H13ClN2O2/c12-10-9-3-1-2-7(6-16-11(13)15)8(9)4-5-14-10/h4-5,7H,1-3,6H2,(H2,13,15)/t7-/m0/s1. The Kier molecular flexibility index (Phi) is 3.29. The summed E-state index contributed by atoms with van der Waals surface area (Å²) in [5, 5.41) is 0.557. The molecule has 0 aromatic carbocycles. The Labute approximate surface area is 98.8 Å². The maximum Gasteiger partial charge on any atom is 0.404 e. The molecule has 0 radical (unpaired) electrons. The number of aromatic nitrogens is 1. The van der Waals surface area contributed by atoms with Crippen LogP contribution in [-0.2, 0) is 11.2 Å². The summed E-state index contributed by atoms with van der Waals surface area (Å²) in [7, 11) is 0. The van der Waals surface area contributed by atoms with Crippen molar-refractivity contribution in [2.45, 2.75) is 25.2 Å². The first-order chi connectivity index (χ1) is 7.68. The average Bonchev–Trinajstić information content (AvgIpc) is 2.27. The minimum Gasteiger partial charge on any atom is -0.449 e. The van der Waals surface area contributed by atoms with E-state index in [-0.39, 0.29) is 5.92 Å². The van der Waals surface area contributed by atoms with Crippen molar-refractivity contribution in [2.24, 2.45) is 5.73 Å². The second-order valence-electron chi connectivity index (χ2n) is 3.89. The number of nitrogens with two attached hydrogens (primary N) is 1. The second-order valence-corrected chi connectivity index (χ2v) is 4.25. The number of carbonyl (C=O) groups is 1. The molecule has 0 unspecified atom stereocenters. The van der Waals surface area contributed by atoms with Crippen molar-refractivity contribution in [1.82, 2.24) is 4.98 Å². The number of hydrogen-bond acceptors (Lipinski definition) is 3. The van der Waals surface area contributed by atoms with Crippen LogP contribution in [0.4, 0.5) is 4.79 Å². The van der Waals surface area contributed by atoms with Crippen LogP contribution in [-0.4, -0.2) is 17.7 Å². The Balaban J connectivity index is 2.19. The number of carbonyl (C=O) groups excluding carboxylic acids is 1. The quantitative estimate of drug-likeness (QED) is 0.807. The fraction of sp³-hybridized carbons (Fsp3) is 0.455. The number of hydrogen-bond donors (Lipinski definition) is 1. The van der Waals surface area contributed by atoms with Crippen LogP contribution in [0, 0.1) is 0 Å². The molecule has 16 heavy (non-hydrogen) atoms. The Morgan fingerprint density at radius 1 is 1.69 bits per heavy atom. The largest absolute Gasteiger partial charge is 0.449 e. The molecule has 0 saturated carbocycles. The molecule has 2 N–H and O–H groups in total. The monoisotopic (exact) mass is 240 g/mol. The summed E-state index contributed by atoms with van der Waals surface area (Å²) >= 11 is 6.03. The molecule has 0 spiro atoms. The third-order valence-corrected chi connectivity index (χ3v) is 3.21. The van der Waals surface area contributed by atoms with Crippen molar-refractivity contribution in [3.05, 3.63) is 28.5 Å². The van der Waals surface area contributed by atoms with E-state index in [0.29, 0.717) is 11.8 Å². The summed E-state index contributed by atoms with van der Waals surface area (Å²) in [5.41, 5.74) is 7.17. The van der Waals surface area contributed by atoms with Gasteiger partial charge >= 0.3 is 6.09 Å². The fourth-order valence-corrected chi connectivity index (χ4v) is 2.41. The highest BCUT2D eigenvalue weighted by Crippen LogP contribution is 2.34. The van der Waals surface area contributed by atoms with Crippen LogP contribution in [0.1, 0.15) is 29.9 Å². The molecular weight excluding hydrogens is 228 g/mol. The Hall–Kier alpha value is -1.29. The van der Waals surface area contributed by atoms with Crippen LogP contribution in [0.2, 0.25) is 5.15 Å². The van der Waals surface area contributed by atoms with Gasteiger partial charge in [0.05, 0.1) is 0 Å². The summed E-state index contributed by atoms with van der Waals surface area (Å²) in [6.45, 7) is 0.322. The molecule has 1 aromatic rings. The molecule has 5 heteroatoms. The highest BCUT2D eigenvalue weighted by Gasteiger charge is 2.23. The number of fused-ring (bicyclic) bond motifs is 1. The number of nitrogens with zero attached hydrogens (tertiary/aromatic N) is 1. The van der Waals surface area contributed by atoms with Crippen molar-refractivity contribution >= 4 is 17.7 Å². The first kappa shape index (κ1) is 11.2. The van der Waals surface area contributed by atoms with E-state index in [4.69, 9.17) is 22.1 Å². The number of rotatable bonds is 2. The molecule has 1 aromatic heterocycles. The normalized spacial score (nSPS) is 18.9. The molecule has 4 nitrogen and oxygen atoms in total. The van der Waals surface area contributed by atoms with Crippen molar-refractivity contribution in [3.8, 4) is 0 Å². The van der Waals surface area contributed by atoms with E-state index in [0.717, 1.165) is 30.4 Å². The topological polar surface area (TPSA) is 65.2 Å². The summed E-state index contributed by atoms with van der Waals surface area (Å²) in [6, 6.07) is 1.94. The molecule has 86 valence electrons. The Morgan fingerprint density at radius 3 is 3.25 bits per heavy atom.